The molecule has 1 aromatic heterocycles. The van der Waals surface area contributed by atoms with Gasteiger partial charge in [0.1, 0.15) is 0 Å². The third-order valence-corrected chi connectivity index (χ3v) is 4.54. The molecule has 1 atom stereocenters. The van der Waals surface area contributed by atoms with Crippen molar-refractivity contribution >= 4 is 5.69 Å². The van der Waals surface area contributed by atoms with Gasteiger partial charge in [-0.2, -0.15) is 5.10 Å². The van der Waals surface area contributed by atoms with Crippen molar-refractivity contribution < 1.29 is 0 Å². The molecule has 1 saturated heterocycles. The first-order chi connectivity index (χ1) is 10.3. The van der Waals surface area contributed by atoms with Gasteiger partial charge in [0, 0.05) is 25.2 Å². The van der Waals surface area contributed by atoms with E-state index in [0.29, 0.717) is 12.6 Å². The van der Waals surface area contributed by atoms with Crippen LogP contribution in [0.4, 0.5) is 5.69 Å². The van der Waals surface area contributed by atoms with Crippen LogP contribution in [0.15, 0.2) is 17.1 Å². The van der Waals surface area contributed by atoms with Gasteiger partial charge in [0.25, 0.3) is 5.56 Å². The van der Waals surface area contributed by atoms with Crippen LogP contribution in [0.25, 0.3) is 0 Å². The molecule has 1 aliphatic heterocycles. The number of anilines is 1. The molecule has 1 aliphatic carbocycles. The van der Waals surface area contributed by atoms with Crippen molar-refractivity contribution in [1.82, 2.24) is 15.1 Å². The molecule has 5 heteroatoms. The smallest absolute Gasteiger partial charge is 0.268 e. The van der Waals surface area contributed by atoms with Gasteiger partial charge in [-0.05, 0) is 44.6 Å². The predicted molar refractivity (Wildman–Crippen MR) is 84.7 cm³/mol. The maximum atomic E-state index is 12.3. The van der Waals surface area contributed by atoms with Crippen LogP contribution in [-0.2, 0) is 6.54 Å². The molecule has 3 rings (SSSR count). The Morgan fingerprint density at radius 3 is 2.76 bits per heavy atom. The zero-order valence-corrected chi connectivity index (χ0v) is 12.9. The summed E-state index contributed by atoms with van der Waals surface area (Å²) in [5, 5.41) is 7.97. The molecule has 0 aromatic carbocycles. The highest BCUT2D eigenvalue weighted by molar-refractivity contribution is 5.43. The summed E-state index contributed by atoms with van der Waals surface area (Å²) in [6.45, 7) is 5.99. The van der Waals surface area contributed by atoms with Gasteiger partial charge in [-0.3, -0.25) is 4.79 Å². The van der Waals surface area contributed by atoms with Crippen molar-refractivity contribution in [2.24, 2.45) is 5.92 Å². The van der Waals surface area contributed by atoms with E-state index < -0.39 is 0 Å². The molecule has 116 valence electrons. The van der Waals surface area contributed by atoms with E-state index in [4.69, 9.17) is 0 Å². The lowest BCUT2D eigenvalue weighted by molar-refractivity contribution is 0.381. The number of nitrogens with one attached hydrogen (secondary N) is 1. The highest BCUT2D eigenvalue weighted by Gasteiger charge is 2.31. The molecule has 0 spiro atoms. The van der Waals surface area contributed by atoms with E-state index >= 15 is 0 Å². The maximum absolute atomic E-state index is 12.3. The van der Waals surface area contributed by atoms with Crippen molar-refractivity contribution in [2.75, 3.05) is 24.5 Å². The first kappa shape index (κ1) is 14.6. The average Bonchev–Trinajstić information content (AvgIpc) is 3.19. The van der Waals surface area contributed by atoms with Crippen molar-refractivity contribution in [3.8, 4) is 0 Å². The van der Waals surface area contributed by atoms with E-state index in [1.54, 1.807) is 10.7 Å². The van der Waals surface area contributed by atoms with Gasteiger partial charge in [-0.25, -0.2) is 4.68 Å². The zero-order valence-electron chi connectivity index (χ0n) is 12.9. The van der Waals surface area contributed by atoms with E-state index in [0.717, 1.165) is 37.7 Å². The zero-order chi connectivity index (χ0) is 14.7. The van der Waals surface area contributed by atoms with Crippen LogP contribution in [0.5, 0.6) is 0 Å². The molecule has 1 unspecified atom stereocenters. The Labute approximate surface area is 126 Å². The molecule has 2 fully saturated rings. The predicted octanol–water partition coefficient (Wildman–Crippen LogP) is 1.62. The van der Waals surface area contributed by atoms with Crippen LogP contribution in [0.1, 0.15) is 39.0 Å². The van der Waals surface area contributed by atoms with Gasteiger partial charge >= 0.3 is 0 Å². The summed E-state index contributed by atoms with van der Waals surface area (Å²) in [6.07, 6.45) is 7.97. The minimum Gasteiger partial charge on any atom is -0.370 e. The summed E-state index contributed by atoms with van der Waals surface area (Å²) in [5.41, 5.74) is 1.02. The third-order valence-electron chi connectivity index (χ3n) is 4.54. The molecular weight excluding hydrogens is 264 g/mol. The van der Waals surface area contributed by atoms with Crippen LogP contribution < -0.4 is 15.8 Å². The lowest BCUT2D eigenvalue weighted by Gasteiger charge is -2.20. The van der Waals surface area contributed by atoms with Crippen LogP contribution >= 0.6 is 0 Å². The van der Waals surface area contributed by atoms with Crippen molar-refractivity contribution in [2.45, 2.75) is 51.6 Å². The topological polar surface area (TPSA) is 50.2 Å². The lowest BCUT2D eigenvalue weighted by Crippen LogP contribution is -2.39. The lowest BCUT2D eigenvalue weighted by atomic mass is 10.2. The first-order valence-corrected chi connectivity index (χ1v) is 8.33. The van der Waals surface area contributed by atoms with Crippen LogP contribution in [0.3, 0.4) is 0 Å². The summed E-state index contributed by atoms with van der Waals surface area (Å²) in [7, 11) is 0. The van der Waals surface area contributed by atoms with E-state index in [-0.39, 0.29) is 5.56 Å². The number of hydrogen-bond donors (Lipinski definition) is 1. The van der Waals surface area contributed by atoms with Gasteiger partial charge in [0.15, 0.2) is 0 Å². The molecule has 1 saturated carbocycles. The molecule has 0 bridgehead atoms. The number of hydrogen-bond acceptors (Lipinski definition) is 4. The first-order valence-electron chi connectivity index (χ1n) is 8.33. The minimum absolute atomic E-state index is 0.0309. The Hall–Kier alpha value is -1.36. The highest BCUT2D eigenvalue weighted by atomic mass is 16.1. The summed E-state index contributed by atoms with van der Waals surface area (Å²) >= 11 is 0. The third kappa shape index (κ3) is 3.64. The molecule has 0 radical (unpaired) electrons. The Kier molecular flexibility index (Phi) is 4.58. The second-order valence-corrected chi connectivity index (χ2v) is 6.33. The second kappa shape index (κ2) is 6.60. The average molecular weight is 290 g/mol. The molecule has 0 amide bonds. The molecule has 2 aliphatic rings. The van der Waals surface area contributed by atoms with E-state index in [1.165, 1.54) is 25.7 Å². The highest BCUT2D eigenvalue weighted by Crippen LogP contribution is 2.33. The molecule has 2 heterocycles. The summed E-state index contributed by atoms with van der Waals surface area (Å²) in [4.78, 5) is 14.6. The summed E-state index contributed by atoms with van der Waals surface area (Å²) in [5.74, 6) is 0.725. The van der Waals surface area contributed by atoms with Gasteiger partial charge in [-0.15, -0.1) is 0 Å². The van der Waals surface area contributed by atoms with Gasteiger partial charge < -0.3 is 10.2 Å². The summed E-state index contributed by atoms with van der Waals surface area (Å²) in [6, 6.07) is 2.15. The minimum atomic E-state index is 0.0309. The number of nitrogens with zero attached hydrogens (tertiary/aromatic N) is 3. The van der Waals surface area contributed by atoms with Gasteiger partial charge in [-0.1, -0.05) is 6.92 Å². The monoisotopic (exact) mass is 290 g/mol. The normalized spacial score (nSPS) is 20.0. The fourth-order valence-corrected chi connectivity index (χ4v) is 3.10. The molecule has 1 N–H and O–H groups in total. The van der Waals surface area contributed by atoms with Crippen LogP contribution in [0, 0.1) is 5.92 Å². The molecular formula is C16H26N4O. The summed E-state index contributed by atoms with van der Waals surface area (Å²) < 4.78 is 1.63. The molecule has 5 nitrogen and oxygen atoms in total. The van der Waals surface area contributed by atoms with Crippen LogP contribution in [-0.4, -0.2) is 35.5 Å². The van der Waals surface area contributed by atoms with E-state index in [1.807, 2.05) is 6.20 Å². The Morgan fingerprint density at radius 2 is 2.14 bits per heavy atom. The molecule has 21 heavy (non-hydrogen) atoms. The molecule has 1 aromatic rings. The second-order valence-electron chi connectivity index (χ2n) is 6.33. The van der Waals surface area contributed by atoms with Crippen molar-refractivity contribution in [3.63, 3.8) is 0 Å². The maximum Gasteiger partial charge on any atom is 0.268 e. The van der Waals surface area contributed by atoms with E-state index in [2.05, 4.69) is 22.2 Å². The largest absolute Gasteiger partial charge is 0.370 e. The Morgan fingerprint density at radius 1 is 1.38 bits per heavy atom. The Bertz CT molecular complexity index is 517. The fourth-order valence-electron chi connectivity index (χ4n) is 3.10. The Balaban J connectivity index is 1.68. The standard InChI is InChI=1S/C16H26N4O/c1-2-7-17-15(13-5-6-13)12-20-16(21)10-14(11-18-20)19-8-3-4-9-19/h10-11,13,15,17H,2-9,12H2,1H3. The fraction of sp³-hybridized carbons (Fsp3) is 0.750. The van der Waals surface area contributed by atoms with Gasteiger partial charge in [0.2, 0.25) is 0 Å². The van der Waals surface area contributed by atoms with Crippen molar-refractivity contribution in [3.05, 3.63) is 22.6 Å². The quantitative estimate of drug-likeness (QED) is 0.829. The SMILES string of the molecule is CCCNC(Cn1ncc(N2CCCC2)cc1=O)C1CC1. The van der Waals surface area contributed by atoms with Gasteiger partial charge in [0.05, 0.1) is 18.4 Å². The van der Waals surface area contributed by atoms with Crippen molar-refractivity contribution in [1.29, 1.82) is 0 Å². The number of aromatic nitrogens is 2. The van der Waals surface area contributed by atoms with E-state index in [9.17, 15) is 4.79 Å². The van der Waals surface area contributed by atoms with Crippen LogP contribution in [0.2, 0.25) is 0 Å². The number of rotatable bonds is 7.